The van der Waals surface area contributed by atoms with Gasteiger partial charge in [-0.15, -0.1) is 0 Å². The summed E-state index contributed by atoms with van der Waals surface area (Å²) in [5.74, 6) is 0. The van der Waals surface area contributed by atoms with Crippen molar-refractivity contribution >= 4 is 23.5 Å². The van der Waals surface area contributed by atoms with E-state index in [1.807, 2.05) is 6.07 Å². The average Bonchev–Trinajstić information content (AvgIpc) is 3.06. The maximum Gasteiger partial charge on any atom is 0.495 e. The molecule has 2 aromatic carbocycles. The van der Waals surface area contributed by atoms with E-state index in [2.05, 4.69) is 87.0 Å². The molecule has 3 nitrogen and oxygen atoms in total. The number of fused-ring (bicyclic) bond motifs is 1. The fourth-order valence-electron chi connectivity index (χ4n) is 3.34. The predicted molar refractivity (Wildman–Crippen MR) is 103 cm³/mol. The summed E-state index contributed by atoms with van der Waals surface area (Å²) in [7, 11) is -0.332. The van der Waals surface area contributed by atoms with Gasteiger partial charge in [0.05, 0.1) is 11.2 Å². The van der Waals surface area contributed by atoms with Crippen LogP contribution in [0, 0.1) is 0 Å². The van der Waals surface area contributed by atoms with Crippen LogP contribution in [0.5, 0.6) is 0 Å². The van der Waals surface area contributed by atoms with E-state index >= 15 is 0 Å². The summed E-state index contributed by atoms with van der Waals surface area (Å²) >= 11 is 0. The second-order valence-corrected chi connectivity index (χ2v) is 7.80. The van der Waals surface area contributed by atoms with Gasteiger partial charge in [-0.2, -0.15) is 0 Å². The van der Waals surface area contributed by atoms with Gasteiger partial charge in [0.25, 0.3) is 0 Å². The van der Waals surface area contributed by atoms with Crippen LogP contribution in [0.15, 0.2) is 60.8 Å². The minimum Gasteiger partial charge on any atom is -0.399 e. The SMILES string of the molecule is CC1(C)OB(c2cccc3c2ccn3Cc2ccccc2)OC1(C)C. The van der Waals surface area contributed by atoms with Crippen molar-refractivity contribution in [3.05, 3.63) is 66.4 Å². The van der Waals surface area contributed by atoms with Crippen LogP contribution in [0.1, 0.15) is 33.3 Å². The normalized spacial score (nSPS) is 18.8. The molecule has 1 aliphatic heterocycles. The molecule has 0 saturated carbocycles. The fourth-order valence-corrected chi connectivity index (χ4v) is 3.34. The minimum absolute atomic E-state index is 0.327. The molecule has 128 valence electrons. The minimum atomic E-state index is -0.332. The van der Waals surface area contributed by atoms with Crippen molar-refractivity contribution < 1.29 is 9.31 Å². The third kappa shape index (κ3) is 2.80. The Bertz CT molecular complexity index is 883. The first-order valence-electron chi connectivity index (χ1n) is 8.85. The lowest BCUT2D eigenvalue weighted by atomic mass is 9.77. The molecule has 4 heteroatoms. The maximum atomic E-state index is 6.25. The first-order valence-corrected chi connectivity index (χ1v) is 8.85. The fraction of sp³-hybridized carbons (Fsp3) is 0.333. The second-order valence-electron chi connectivity index (χ2n) is 7.80. The molecule has 1 aromatic heterocycles. The highest BCUT2D eigenvalue weighted by Gasteiger charge is 2.52. The molecule has 0 radical (unpaired) electrons. The highest BCUT2D eigenvalue weighted by molar-refractivity contribution is 6.65. The highest BCUT2D eigenvalue weighted by Crippen LogP contribution is 2.37. The van der Waals surface area contributed by atoms with E-state index in [4.69, 9.17) is 9.31 Å². The number of benzene rings is 2. The number of aromatic nitrogens is 1. The Morgan fingerprint density at radius 1 is 0.840 bits per heavy atom. The van der Waals surface area contributed by atoms with Crippen LogP contribution in [0.2, 0.25) is 0 Å². The Morgan fingerprint density at radius 2 is 1.52 bits per heavy atom. The summed E-state index contributed by atoms with van der Waals surface area (Å²) in [5, 5.41) is 1.19. The van der Waals surface area contributed by atoms with Gasteiger partial charge >= 0.3 is 7.12 Å². The summed E-state index contributed by atoms with van der Waals surface area (Å²) in [6.07, 6.45) is 2.15. The van der Waals surface area contributed by atoms with E-state index < -0.39 is 0 Å². The molecule has 0 spiro atoms. The third-order valence-corrected chi connectivity index (χ3v) is 5.55. The van der Waals surface area contributed by atoms with E-state index in [0.717, 1.165) is 12.0 Å². The highest BCUT2D eigenvalue weighted by atomic mass is 16.7. The lowest BCUT2D eigenvalue weighted by Gasteiger charge is -2.32. The molecule has 4 rings (SSSR count). The van der Waals surface area contributed by atoms with Crippen LogP contribution in [0.3, 0.4) is 0 Å². The van der Waals surface area contributed by atoms with Crippen molar-refractivity contribution in [1.82, 2.24) is 4.57 Å². The number of hydrogen-bond donors (Lipinski definition) is 0. The van der Waals surface area contributed by atoms with Crippen molar-refractivity contribution in [3.8, 4) is 0 Å². The van der Waals surface area contributed by atoms with Crippen molar-refractivity contribution in [2.75, 3.05) is 0 Å². The zero-order valence-corrected chi connectivity index (χ0v) is 15.3. The Morgan fingerprint density at radius 3 is 2.20 bits per heavy atom. The predicted octanol–water partition coefficient (Wildman–Crippen LogP) is 3.99. The Labute approximate surface area is 149 Å². The standard InChI is InChI=1S/C21H24BNO2/c1-20(2)21(3,4)25-22(24-20)18-11-8-12-19-17(18)13-14-23(19)15-16-9-6-5-7-10-16/h5-14H,15H2,1-4H3. The molecule has 0 atom stereocenters. The first-order chi connectivity index (χ1) is 11.9. The third-order valence-electron chi connectivity index (χ3n) is 5.55. The van der Waals surface area contributed by atoms with E-state index in [1.54, 1.807) is 0 Å². The van der Waals surface area contributed by atoms with Crippen LogP contribution in [-0.4, -0.2) is 22.9 Å². The van der Waals surface area contributed by atoms with Crippen molar-refractivity contribution in [2.45, 2.75) is 45.4 Å². The summed E-state index contributed by atoms with van der Waals surface area (Å²) in [4.78, 5) is 0. The van der Waals surface area contributed by atoms with E-state index in [1.165, 1.54) is 16.5 Å². The van der Waals surface area contributed by atoms with E-state index in [-0.39, 0.29) is 18.3 Å². The van der Waals surface area contributed by atoms with Crippen molar-refractivity contribution in [3.63, 3.8) is 0 Å². The smallest absolute Gasteiger partial charge is 0.399 e. The zero-order valence-electron chi connectivity index (χ0n) is 15.3. The van der Waals surface area contributed by atoms with Crippen LogP contribution in [-0.2, 0) is 15.9 Å². The molecule has 25 heavy (non-hydrogen) atoms. The summed E-state index contributed by atoms with van der Waals surface area (Å²) < 4.78 is 14.8. The van der Waals surface area contributed by atoms with Gasteiger partial charge in [0.1, 0.15) is 0 Å². The van der Waals surface area contributed by atoms with Gasteiger partial charge < -0.3 is 13.9 Å². The summed E-state index contributed by atoms with van der Waals surface area (Å²) in [5.41, 5.74) is 2.94. The molecule has 0 amide bonds. The zero-order chi connectivity index (χ0) is 17.7. The van der Waals surface area contributed by atoms with Crippen molar-refractivity contribution in [2.24, 2.45) is 0 Å². The molecule has 1 saturated heterocycles. The van der Waals surface area contributed by atoms with Gasteiger partial charge in [-0.25, -0.2) is 0 Å². The Kier molecular flexibility index (Phi) is 3.78. The van der Waals surface area contributed by atoms with Gasteiger partial charge in [0.2, 0.25) is 0 Å². The van der Waals surface area contributed by atoms with Crippen LogP contribution < -0.4 is 5.46 Å². The lowest BCUT2D eigenvalue weighted by Crippen LogP contribution is -2.41. The van der Waals surface area contributed by atoms with E-state index in [9.17, 15) is 0 Å². The average molecular weight is 333 g/mol. The second kappa shape index (κ2) is 5.75. The molecule has 0 bridgehead atoms. The summed E-state index contributed by atoms with van der Waals surface area (Å²) in [6, 6.07) is 19.0. The molecule has 0 unspecified atom stereocenters. The molecule has 0 N–H and O–H groups in total. The molecule has 3 aromatic rings. The molecule has 2 heterocycles. The Hall–Kier alpha value is -2.04. The monoisotopic (exact) mass is 333 g/mol. The van der Waals surface area contributed by atoms with Crippen LogP contribution in [0.4, 0.5) is 0 Å². The lowest BCUT2D eigenvalue weighted by molar-refractivity contribution is 0.00578. The van der Waals surface area contributed by atoms with Crippen molar-refractivity contribution in [1.29, 1.82) is 0 Å². The molecular weight excluding hydrogens is 309 g/mol. The maximum absolute atomic E-state index is 6.25. The number of nitrogens with zero attached hydrogens (tertiary/aromatic N) is 1. The molecule has 0 aliphatic carbocycles. The summed E-state index contributed by atoms with van der Waals surface area (Å²) in [6.45, 7) is 9.22. The molecular formula is C21H24BNO2. The van der Waals surface area contributed by atoms with Crippen LogP contribution in [0.25, 0.3) is 10.9 Å². The largest absolute Gasteiger partial charge is 0.495 e. The number of rotatable bonds is 3. The molecule has 1 aliphatic rings. The van der Waals surface area contributed by atoms with Gasteiger partial charge in [-0.3, -0.25) is 0 Å². The molecule has 1 fully saturated rings. The van der Waals surface area contributed by atoms with E-state index in [0.29, 0.717) is 0 Å². The Balaban J connectivity index is 1.71. The van der Waals surface area contributed by atoms with Gasteiger partial charge in [0, 0.05) is 18.3 Å². The quantitative estimate of drug-likeness (QED) is 0.677. The van der Waals surface area contributed by atoms with Gasteiger partial charge in [-0.1, -0.05) is 42.5 Å². The van der Waals surface area contributed by atoms with Crippen LogP contribution >= 0.6 is 0 Å². The topological polar surface area (TPSA) is 23.4 Å². The number of hydrogen-bond acceptors (Lipinski definition) is 2. The van der Waals surface area contributed by atoms with Gasteiger partial charge in [-0.05, 0) is 56.2 Å². The van der Waals surface area contributed by atoms with Gasteiger partial charge in [0.15, 0.2) is 0 Å². The first kappa shape index (κ1) is 16.4.